The Morgan fingerprint density at radius 2 is 1.20 bits per heavy atom. The fourth-order valence-electron chi connectivity index (χ4n) is 2.45. The molecule has 0 bridgehead atoms. The Bertz CT molecular complexity index is 216. The fraction of sp³-hybridized carbons (Fsp3) is 0.941. The van der Waals surface area contributed by atoms with Crippen molar-refractivity contribution in [3.63, 3.8) is 0 Å². The molecule has 1 unspecified atom stereocenters. The molecule has 120 valence electrons. The topological polar surface area (TPSA) is 57.5 Å². The molecule has 0 saturated heterocycles. The van der Waals surface area contributed by atoms with E-state index in [1.54, 1.807) is 0 Å². The van der Waals surface area contributed by atoms with Crippen LogP contribution in [0.1, 0.15) is 96.8 Å². The van der Waals surface area contributed by atoms with Crippen LogP contribution >= 0.6 is 0 Å². The van der Waals surface area contributed by atoms with Crippen LogP contribution in [0.15, 0.2) is 0 Å². The van der Waals surface area contributed by atoms with E-state index in [0.717, 1.165) is 25.7 Å². The molecular weight excluding hydrogens is 252 g/mol. The molecule has 3 nitrogen and oxygen atoms in total. The lowest BCUT2D eigenvalue weighted by atomic mass is 10.0. The van der Waals surface area contributed by atoms with Crippen LogP contribution in [0.2, 0.25) is 0 Å². The number of carboxylic acids is 1. The zero-order valence-electron chi connectivity index (χ0n) is 13.3. The van der Waals surface area contributed by atoms with Gasteiger partial charge in [0.25, 0.3) is 0 Å². The standard InChI is InChI=1S/C17H34O3/c1-2-16(18)14-12-10-8-6-4-3-5-7-9-11-13-15-17(19)20/h16,18H,2-15H2,1H3,(H,19,20). The van der Waals surface area contributed by atoms with Crippen molar-refractivity contribution < 1.29 is 15.0 Å². The largest absolute Gasteiger partial charge is 0.481 e. The zero-order chi connectivity index (χ0) is 15.1. The third-order valence-corrected chi connectivity index (χ3v) is 3.90. The van der Waals surface area contributed by atoms with Gasteiger partial charge in [0, 0.05) is 6.42 Å². The van der Waals surface area contributed by atoms with Crippen LogP contribution in [0.4, 0.5) is 0 Å². The third kappa shape index (κ3) is 15.5. The fourth-order valence-corrected chi connectivity index (χ4v) is 2.45. The summed E-state index contributed by atoms with van der Waals surface area (Å²) in [7, 11) is 0. The van der Waals surface area contributed by atoms with Gasteiger partial charge < -0.3 is 10.2 Å². The van der Waals surface area contributed by atoms with Gasteiger partial charge in [-0.15, -0.1) is 0 Å². The second-order valence-corrected chi connectivity index (χ2v) is 5.88. The lowest BCUT2D eigenvalue weighted by molar-refractivity contribution is -0.137. The van der Waals surface area contributed by atoms with Crippen molar-refractivity contribution in [1.82, 2.24) is 0 Å². The van der Waals surface area contributed by atoms with Crippen LogP contribution < -0.4 is 0 Å². The number of aliphatic hydroxyl groups excluding tert-OH is 1. The normalized spacial score (nSPS) is 12.5. The Morgan fingerprint density at radius 1 is 0.800 bits per heavy atom. The summed E-state index contributed by atoms with van der Waals surface area (Å²) in [5.41, 5.74) is 0. The maximum atomic E-state index is 10.3. The van der Waals surface area contributed by atoms with Crippen molar-refractivity contribution >= 4 is 5.97 Å². The van der Waals surface area contributed by atoms with Gasteiger partial charge >= 0.3 is 5.97 Å². The minimum atomic E-state index is -0.670. The average Bonchev–Trinajstić information content (AvgIpc) is 2.43. The Hall–Kier alpha value is -0.570. The summed E-state index contributed by atoms with van der Waals surface area (Å²) in [6.07, 6.45) is 15.4. The molecule has 0 aromatic heterocycles. The Balaban J connectivity index is 3.01. The van der Waals surface area contributed by atoms with Crippen molar-refractivity contribution in [3.8, 4) is 0 Å². The average molecular weight is 286 g/mol. The maximum Gasteiger partial charge on any atom is 0.303 e. The van der Waals surface area contributed by atoms with Crippen LogP contribution in [-0.2, 0) is 4.79 Å². The molecule has 20 heavy (non-hydrogen) atoms. The molecule has 0 aromatic rings. The molecule has 0 aromatic carbocycles. The predicted molar refractivity (Wildman–Crippen MR) is 84.0 cm³/mol. The van der Waals surface area contributed by atoms with E-state index in [9.17, 15) is 9.90 Å². The molecule has 0 aliphatic rings. The summed E-state index contributed by atoms with van der Waals surface area (Å²) in [6, 6.07) is 0. The first kappa shape index (κ1) is 19.4. The molecule has 0 aliphatic carbocycles. The van der Waals surface area contributed by atoms with Gasteiger partial charge in [-0.05, 0) is 19.3 Å². The summed E-state index contributed by atoms with van der Waals surface area (Å²) in [5.74, 6) is -0.670. The molecular formula is C17H34O3. The molecule has 0 aliphatic heterocycles. The number of rotatable bonds is 15. The number of unbranched alkanes of at least 4 members (excludes halogenated alkanes) is 10. The van der Waals surface area contributed by atoms with Crippen molar-refractivity contribution in [2.75, 3.05) is 0 Å². The second kappa shape index (κ2) is 14.8. The van der Waals surface area contributed by atoms with Crippen molar-refractivity contribution in [2.45, 2.75) is 103 Å². The lowest BCUT2D eigenvalue weighted by Crippen LogP contribution is -2.03. The molecule has 0 rings (SSSR count). The van der Waals surface area contributed by atoms with E-state index in [-0.39, 0.29) is 6.10 Å². The SMILES string of the molecule is CCC(O)CCCCCCCCCCCCCC(=O)O. The van der Waals surface area contributed by atoms with E-state index < -0.39 is 5.97 Å². The van der Waals surface area contributed by atoms with Crippen LogP contribution in [-0.4, -0.2) is 22.3 Å². The van der Waals surface area contributed by atoms with E-state index in [1.165, 1.54) is 57.8 Å². The van der Waals surface area contributed by atoms with Crippen molar-refractivity contribution in [2.24, 2.45) is 0 Å². The third-order valence-electron chi connectivity index (χ3n) is 3.90. The Kier molecular flexibility index (Phi) is 14.4. The molecule has 0 fully saturated rings. The Morgan fingerprint density at radius 3 is 1.60 bits per heavy atom. The number of carbonyl (C=O) groups is 1. The quantitative estimate of drug-likeness (QED) is 0.420. The van der Waals surface area contributed by atoms with E-state index >= 15 is 0 Å². The smallest absolute Gasteiger partial charge is 0.303 e. The van der Waals surface area contributed by atoms with Gasteiger partial charge in [0.2, 0.25) is 0 Å². The monoisotopic (exact) mass is 286 g/mol. The van der Waals surface area contributed by atoms with Gasteiger partial charge in [0.15, 0.2) is 0 Å². The van der Waals surface area contributed by atoms with E-state index in [2.05, 4.69) is 0 Å². The molecule has 0 heterocycles. The number of hydrogen-bond donors (Lipinski definition) is 2. The Labute approximate surface area is 124 Å². The highest BCUT2D eigenvalue weighted by atomic mass is 16.4. The second-order valence-electron chi connectivity index (χ2n) is 5.88. The maximum absolute atomic E-state index is 10.3. The highest BCUT2D eigenvalue weighted by Gasteiger charge is 2.00. The van der Waals surface area contributed by atoms with Gasteiger partial charge in [0.1, 0.15) is 0 Å². The van der Waals surface area contributed by atoms with Crippen LogP contribution in [0.5, 0.6) is 0 Å². The summed E-state index contributed by atoms with van der Waals surface area (Å²) in [5, 5.41) is 17.9. The van der Waals surface area contributed by atoms with Gasteiger partial charge in [-0.1, -0.05) is 71.1 Å². The van der Waals surface area contributed by atoms with Crippen LogP contribution in [0, 0.1) is 0 Å². The minimum absolute atomic E-state index is 0.0869. The zero-order valence-corrected chi connectivity index (χ0v) is 13.3. The summed E-state index contributed by atoms with van der Waals surface area (Å²) >= 11 is 0. The summed E-state index contributed by atoms with van der Waals surface area (Å²) in [6.45, 7) is 2.03. The lowest BCUT2D eigenvalue weighted by Gasteiger charge is -2.06. The number of aliphatic carboxylic acids is 1. The van der Waals surface area contributed by atoms with Gasteiger partial charge in [0.05, 0.1) is 6.10 Å². The van der Waals surface area contributed by atoms with Crippen molar-refractivity contribution in [1.29, 1.82) is 0 Å². The molecule has 0 radical (unpaired) electrons. The molecule has 1 atom stereocenters. The van der Waals surface area contributed by atoms with Gasteiger partial charge in [-0.3, -0.25) is 4.79 Å². The molecule has 3 heteroatoms. The molecule has 0 saturated carbocycles. The van der Waals surface area contributed by atoms with Gasteiger partial charge in [-0.2, -0.15) is 0 Å². The van der Waals surface area contributed by atoms with Crippen LogP contribution in [0.25, 0.3) is 0 Å². The van der Waals surface area contributed by atoms with Crippen LogP contribution in [0.3, 0.4) is 0 Å². The van der Waals surface area contributed by atoms with E-state index in [0.29, 0.717) is 6.42 Å². The number of hydrogen-bond acceptors (Lipinski definition) is 2. The highest BCUT2D eigenvalue weighted by molar-refractivity contribution is 5.66. The first-order valence-electron chi connectivity index (χ1n) is 8.56. The van der Waals surface area contributed by atoms with E-state index in [1.807, 2.05) is 6.92 Å². The molecule has 0 spiro atoms. The summed E-state index contributed by atoms with van der Waals surface area (Å²) < 4.78 is 0. The highest BCUT2D eigenvalue weighted by Crippen LogP contribution is 2.13. The van der Waals surface area contributed by atoms with E-state index in [4.69, 9.17) is 5.11 Å². The number of aliphatic hydroxyl groups is 1. The summed E-state index contributed by atoms with van der Waals surface area (Å²) in [4.78, 5) is 10.3. The van der Waals surface area contributed by atoms with Crippen molar-refractivity contribution in [3.05, 3.63) is 0 Å². The first-order valence-corrected chi connectivity index (χ1v) is 8.56. The van der Waals surface area contributed by atoms with Gasteiger partial charge in [-0.25, -0.2) is 0 Å². The minimum Gasteiger partial charge on any atom is -0.481 e. The molecule has 0 amide bonds. The first-order chi connectivity index (χ1) is 9.66. The predicted octanol–water partition coefficient (Wildman–Crippen LogP) is 4.91. The number of carboxylic acid groups (broad SMARTS) is 1. The molecule has 2 N–H and O–H groups in total.